The number of nitrogens with zero attached hydrogens (tertiary/aromatic N) is 3. The quantitative estimate of drug-likeness (QED) is 0.416. The number of hydrogen-bond donors (Lipinski definition) is 1. The molecule has 0 fully saturated rings. The number of carbonyl (C=O) groups is 2. The topological polar surface area (TPSA) is 95.3 Å². The van der Waals surface area contributed by atoms with Crippen molar-refractivity contribution in [1.82, 2.24) is 14.8 Å². The van der Waals surface area contributed by atoms with E-state index in [2.05, 4.69) is 10.4 Å². The molecule has 31 heavy (non-hydrogen) atoms. The highest BCUT2D eigenvalue weighted by atomic mass is 32.2. The maximum atomic E-state index is 13.0. The summed E-state index contributed by atoms with van der Waals surface area (Å²) in [6.45, 7) is 5.91. The Bertz CT molecular complexity index is 1110. The van der Waals surface area contributed by atoms with E-state index in [9.17, 15) is 9.59 Å². The first-order valence-electron chi connectivity index (χ1n) is 10.0. The lowest BCUT2D eigenvalue weighted by Gasteiger charge is -2.16. The molecule has 0 saturated carbocycles. The van der Waals surface area contributed by atoms with E-state index in [1.165, 1.54) is 22.6 Å². The molecule has 0 aliphatic rings. The van der Waals surface area contributed by atoms with Crippen LogP contribution in [0.25, 0.3) is 10.9 Å². The number of benzene rings is 1. The molecule has 9 heteroatoms. The van der Waals surface area contributed by atoms with Crippen LogP contribution in [0.3, 0.4) is 0 Å². The van der Waals surface area contributed by atoms with Crippen LogP contribution in [-0.4, -0.2) is 45.6 Å². The van der Waals surface area contributed by atoms with Gasteiger partial charge in [0.25, 0.3) is 0 Å². The van der Waals surface area contributed by atoms with E-state index in [-0.39, 0.29) is 18.1 Å². The van der Waals surface area contributed by atoms with E-state index in [4.69, 9.17) is 14.5 Å². The minimum atomic E-state index is -0.523. The molecule has 164 valence electrons. The second-order valence-corrected chi connectivity index (χ2v) is 8.11. The Kier molecular flexibility index (Phi) is 7.17. The normalized spacial score (nSPS) is 11.9. The minimum absolute atomic E-state index is 0.224. The van der Waals surface area contributed by atoms with E-state index >= 15 is 0 Å². The van der Waals surface area contributed by atoms with Crippen molar-refractivity contribution in [1.29, 1.82) is 0 Å². The molecule has 3 rings (SSSR count). The van der Waals surface area contributed by atoms with Crippen LogP contribution in [0.15, 0.2) is 35.5 Å². The van der Waals surface area contributed by atoms with Gasteiger partial charge >= 0.3 is 5.97 Å². The number of carbonyl (C=O) groups excluding carboxylic acids is 2. The molecule has 3 aromatic rings. The Labute approximate surface area is 185 Å². The van der Waals surface area contributed by atoms with Crippen LogP contribution in [0, 0.1) is 6.92 Å². The number of aromatic nitrogens is 3. The zero-order valence-corrected chi connectivity index (χ0v) is 19.1. The van der Waals surface area contributed by atoms with Gasteiger partial charge in [-0.1, -0.05) is 30.8 Å². The van der Waals surface area contributed by atoms with Crippen molar-refractivity contribution in [2.75, 3.05) is 19.0 Å². The number of thioether (sulfide) groups is 1. The fourth-order valence-corrected chi connectivity index (χ4v) is 4.21. The summed E-state index contributed by atoms with van der Waals surface area (Å²) in [5.74, 6) is 0.244. The number of fused-ring (bicyclic) bond motifs is 1. The summed E-state index contributed by atoms with van der Waals surface area (Å²) >= 11 is 1.37. The fraction of sp³-hybridized carbons (Fsp3) is 0.364. The number of pyridine rings is 1. The van der Waals surface area contributed by atoms with E-state index in [0.717, 1.165) is 21.5 Å². The van der Waals surface area contributed by atoms with Crippen molar-refractivity contribution in [3.05, 3.63) is 41.6 Å². The largest absolute Gasteiger partial charge is 0.494 e. The summed E-state index contributed by atoms with van der Waals surface area (Å²) in [6.07, 6.45) is 1.97. The van der Waals surface area contributed by atoms with E-state index < -0.39 is 11.2 Å². The summed E-state index contributed by atoms with van der Waals surface area (Å²) in [5, 5.41) is 8.23. The number of amides is 1. The molecule has 0 bridgehead atoms. The van der Waals surface area contributed by atoms with Gasteiger partial charge in [-0.25, -0.2) is 9.78 Å². The van der Waals surface area contributed by atoms with E-state index in [0.29, 0.717) is 18.0 Å². The highest BCUT2D eigenvalue weighted by Crippen LogP contribution is 2.32. The van der Waals surface area contributed by atoms with Crippen LogP contribution in [-0.2, 0) is 16.6 Å². The number of rotatable bonds is 8. The predicted octanol–water partition coefficient (Wildman–Crippen LogP) is 3.97. The highest BCUT2D eigenvalue weighted by Gasteiger charge is 2.24. The molecule has 1 amide bonds. The number of esters is 1. The third-order valence-electron chi connectivity index (χ3n) is 4.81. The minimum Gasteiger partial charge on any atom is -0.494 e. The predicted molar refractivity (Wildman–Crippen MR) is 121 cm³/mol. The van der Waals surface area contributed by atoms with Crippen molar-refractivity contribution < 1.29 is 19.1 Å². The molecular weight excluding hydrogens is 416 g/mol. The maximum Gasteiger partial charge on any atom is 0.343 e. The van der Waals surface area contributed by atoms with E-state index in [1.807, 2.05) is 38.1 Å². The molecule has 1 unspecified atom stereocenters. The summed E-state index contributed by atoms with van der Waals surface area (Å²) in [6, 6.07) is 7.76. The second-order valence-electron chi connectivity index (χ2n) is 6.89. The van der Waals surface area contributed by atoms with Gasteiger partial charge in [0.05, 0.1) is 30.2 Å². The summed E-state index contributed by atoms with van der Waals surface area (Å²) in [7, 11) is 3.27. The Morgan fingerprint density at radius 2 is 2.06 bits per heavy atom. The smallest absolute Gasteiger partial charge is 0.343 e. The summed E-state index contributed by atoms with van der Waals surface area (Å²) in [5.41, 5.74) is 2.04. The van der Waals surface area contributed by atoms with Crippen LogP contribution in [0.5, 0.6) is 5.75 Å². The number of nitrogens with one attached hydrogen (secondary N) is 1. The number of hydrogen-bond acceptors (Lipinski definition) is 7. The van der Waals surface area contributed by atoms with Crippen LogP contribution in [0.4, 0.5) is 5.82 Å². The Balaban J connectivity index is 1.85. The lowest BCUT2D eigenvalue weighted by molar-refractivity contribution is -0.115. The van der Waals surface area contributed by atoms with Gasteiger partial charge in [-0.2, -0.15) is 5.10 Å². The average molecular weight is 443 g/mol. The number of anilines is 1. The fourth-order valence-electron chi connectivity index (χ4n) is 3.20. The first-order chi connectivity index (χ1) is 14.9. The monoisotopic (exact) mass is 442 g/mol. The molecule has 0 radical (unpaired) electrons. The summed E-state index contributed by atoms with van der Waals surface area (Å²) < 4.78 is 12.0. The lowest BCUT2D eigenvalue weighted by Crippen LogP contribution is -2.27. The summed E-state index contributed by atoms with van der Waals surface area (Å²) in [4.78, 5) is 29.9. The van der Waals surface area contributed by atoms with Crippen LogP contribution in [0.2, 0.25) is 0 Å². The zero-order chi connectivity index (χ0) is 22.5. The standard InChI is InChI=1S/C22H26N4O4S/c1-6-17(21(27)25-20-15(12-23-26(20)4)22(28)30-7-2)31-18-11-13(3)14-9-8-10-16(29-5)19(14)24-18/h8-12,17H,6-7H2,1-5H3,(H,25,27). The van der Waals surface area contributed by atoms with Gasteiger partial charge in [-0.05, 0) is 38.0 Å². The van der Waals surface area contributed by atoms with Crippen LogP contribution in [0.1, 0.15) is 36.2 Å². The van der Waals surface area contributed by atoms with Crippen molar-refractivity contribution in [3.8, 4) is 5.75 Å². The van der Waals surface area contributed by atoms with Crippen molar-refractivity contribution in [2.24, 2.45) is 7.05 Å². The SMILES string of the molecule is CCOC(=O)c1cnn(C)c1NC(=O)C(CC)Sc1cc(C)c2cccc(OC)c2n1. The molecule has 0 aliphatic carbocycles. The Morgan fingerprint density at radius 3 is 2.74 bits per heavy atom. The zero-order valence-electron chi connectivity index (χ0n) is 18.3. The molecule has 2 heterocycles. The van der Waals surface area contributed by atoms with Gasteiger partial charge in [0.15, 0.2) is 0 Å². The first-order valence-corrected chi connectivity index (χ1v) is 10.9. The van der Waals surface area contributed by atoms with Gasteiger partial charge in [0, 0.05) is 12.4 Å². The van der Waals surface area contributed by atoms with Gasteiger partial charge in [-0.15, -0.1) is 0 Å². The maximum absolute atomic E-state index is 13.0. The molecule has 0 aliphatic heterocycles. The Hall–Kier alpha value is -3.07. The molecular formula is C22H26N4O4S. The van der Waals surface area contributed by atoms with Gasteiger partial charge in [-0.3, -0.25) is 9.48 Å². The van der Waals surface area contributed by atoms with Gasteiger partial charge in [0.2, 0.25) is 5.91 Å². The lowest BCUT2D eigenvalue weighted by atomic mass is 10.1. The van der Waals surface area contributed by atoms with E-state index in [1.54, 1.807) is 21.1 Å². The average Bonchev–Trinajstić information content (AvgIpc) is 3.12. The molecule has 1 aromatic carbocycles. The molecule has 1 N–H and O–H groups in total. The number of aryl methyl sites for hydroxylation is 2. The third-order valence-corrected chi connectivity index (χ3v) is 6.09. The van der Waals surface area contributed by atoms with Crippen LogP contribution >= 0.6 is 11.8 Å². The van der Waals surface area contributed by atoms with Crippen molar-refractivity contribution in [2.45, 2.75) is 37.5 Å². The number of para-hydroxylation sites is 1. The van der Waals surface area contributed by atoms with Gasteiger partial charge < -0.3 is 14.8 Å². The van der Waals surface area contributed by atoms with Gasteiger partial charge in [0.1, 0.15) is 22.6 Å². The molecule has 0 saturated heterocycles. The first kappa shape index (κ1) is 22.6. The highest BCUT2D eigenvalue weighted by molar-refractivity contribution is 8.00. The number of methoxy groups -OCH3 is 1. The third kappa shape index (κ3) is 4.82. The van der Waals surface area contributed by atoms with Crippen LogP contribution < -0.4 is 10.1 Å². The molecule has 8 nitrogen and oxygen atoms in total. The molecule has 2 aromatic heterocycles. The molecule has 0 spiro atoms. The Morgan fingerprint density at radius 1 is 1.29 bits per heavy atom. The van der Waals surface area contributed by atoms with Crippen molar-refractivity contribution in [3.63, 3.8) is 0 Å². The van der Waals surface area contributed by atoms with Crippen molar-refractivity contribution >= 4 is 40.4 Å². The number of ether oxygens (including phenoxy) is 2. The second kappa shape index (κ2) is 9.82. The molecule has 1 atom stereocenters.